The van der Waals surface area contributed by atoms with Gasteiger partial charge in [0.15, 0.2) is 0 Å². The van der Waals surface area contributed by atoms with Crippen LogP contribution >= 0.6 is 11.6 Å². The SMILES string of the molecule is O=C(O)C(F)(F)F.O=C(O)C1CCCCN1C(=O)c1cc(Cl)cc(OCCNc2ccncc2)c1. The number of hydrogen-bond acceptors (Lipinski definition) is 6. The van der Waals surface area contributed by atoms with Gasteiger partial charge in [-0.2, -0.15) is 13.2 Å². The molecule has 1 aromatic carbocycles. The number of piperidine rings is 1. The molecule has 1 aromatic heterocycles. The predicted molar refractivity (Wildman–Crippen MR) is 120 cm³/mol. The maximum absolute atomic E-state index is 12.9. The average Bonchev–Trinajstić information content (AvgIpc) is 2.81. The number of carboxylic acids is 2. The van der Waals surface area contributed by atoms with E-state index >= 15 is 0 Å². The van der Waals surface area contributed by atoms with Gasteiger partial charge in [-0.3, -0.25) is 9.78 Å². The van der Waals surface area contributed by atoms with Crippen molar-refractivity contribution in [2.75, 3.05) is 25.0 Å². The van der Waals surface area contributed by atoms with Crippen LogP contribution in [-0.4, -0.2) is 69.9 Å². The lowest BCUT2D eigenvalue weighted by atomic mass is 10.0. The second-order valence-corrected chi connectivity index (χ2v) is 7.77. The number of hydrogen-bond donors (Lipinski definition) is 3. The summed E-state index contributed by atoms with van der Waals surface area (Å²) in [7, 11) is 0. The van der Waals surface area contributed by atoms with Crippen LogP contribution in [0.2, 0.25) is 5.02 Å². The fourth-order valence-corrected chi connectivity index (χ4v) is 3.43. The number of aliphatic carboxylic acids is 2. The molecule has 3 N–H and O–H groups in total. The lowest BCUT2D eigenvalue weighted by molar-refractivity contribution is -0.192. The highest BCUT2D eigenvalue weighted by Crippen LogP contribution is 2.25. The summed E-state index contributed by atoms with van der Waals surface area (Å²) in [4.78, 5) is 38.6. The summed E-state index contributed by atoms with van der Waals surface area (Å²) in [5, 5.41) is 20.1. The van der Waals surface area contributed by atoms with E-state index in [1.54, 1.807) is 30.6 Å². The number of ether oxygens (including phenoxy) is 1. The zero-order valence-corrected chi connectivity index (χ0v) is 19.1. The number of amides is 1. The van der Waals surface area contributed by atoms with Gasteiger partial charge in [0.05, 0.1) is 0 Å². The van der Waals surface area contributed by atoms with Gasteiger partial charge in [0.1, 0.15) is 18.4 Å². The van der Waals surface area contributed by atoms with Gasteiger partial charge in [0.2, 0.25) is 0 Å². The summed E-state index contributed by atoms with van der Waals surface area (Å²) < 4.78 is 37.4. The number of aromatic nitrogens is 1. The molecule has 1 fully saturated rings. The highest BCUT2D eigenvalue weighted by atomic mass is 35.5. The van der Waals surface area contributed by atoms with Crippen molar-refractivity contribution in [2.45, 2.75) is 31.5 Å². The maximum Gasteiger partial charge on any atom is 0.490 e. The van der Waals surface area contributed by atoms with Gasteiger partial charge in [-0.25, -0.2) is 9.59 Å². The zero-order chi connectivity index (χ0) is 26.0. The Morgan fingerprint density at radius 3 is 2.40 bits per heavy atom. The molecule has 0 saturated carbocycles. The highest BCUT2D eigenvalue weighted by Gasteiger charge is 2.38. The van der Waals surface area contributed by atoms with Crippen molar-refractivity contribution in [3.63, 3.8) is 0 Å². The van der Waals surface area contributed by atoms with Crippen LogP contribution in [0, 0.1) is 0 Å². The summed E-state index contributed by atoms with van der Waals surface area (Å²) in [6.07, 6.45) is 0.368. The van der Waals surface area contributed by atoms with Crippen LogP contribution < -0.4 is 10.1 Å². The first kappa shape index (κ1) is 27.7. The molecule has 1 amide bonds. The molecule has 35 heavy (non-hydrogen) atoms. The van der Waals surface area contributed by atoms with E-state index in [0.29, 0.717) is 42.5 Å². The van der Waals surface area contributed by atoms with E-state index in [-0.39, 0.29) is 5.91 Å². The van der Waals surface area contributed by atoms with E-state index in [0.717, 1.165) is 18.5 Å². The van der Waals surface area contributed by atoms with Crippen molar-refractivity contribution in [3.8, 4) is 5.75 Å². The van der Waals surface area contributed by atoms with Crippen molar-refractivity contribution in [3.05, 3.63) is 53.3 Å². The number of halogens is 4. The third-order valence-electron chi connectivity index (χ3n) is 4.79. The number of carbonyl (C=O) groups excluding carboxylic acids is 1. The first-order valence-electron chi connectivity index (χ1n) is 10.4. The second kappa shape index (κ2) is 12.8. The van der Waals surface area contributed by atoms with Gasteiger partial charge >= 0.3 is 18.1 Å². The second-order valence-electron chi connectivity index (χ2n) is 7.34. The molecule has 1 unspecified atom stereocenters. The molecule has 1 aliphatic rings. The molecule has 2 heterocycles. The maximum atomic E-state index is 12.9. The van der Waals surface area contributed by atoms with E-state index in [4.69, 9.17) is 26.2 Å². The lowest BCUT2D eigenvalue weighted by Crippen LogP contribution is -2.48. The summed E-state index contributed by atoms with van der Waals surface area (Å²) in [6, 6.07) is 7.69. The summed E-state index contributed by atoms with van der Waals surface area (Å²) >= 11 is 6.15. The van der Waals surface area contributed by atoms with Crippen LogP contribution in [0.3, 0.4) is 0 Å². The molecular formula is C22H23ClF3N3O6. The molecule has 0 bridgehead atoms. The number of carboxylic acid groups (broad SMARTS) is 2. The van der Waals surface area contributed by atoms with Crippen LogP contribution in [0.4, 0.5) is 18.9 Å². The van der Waals surface area contributed by atoms with Crippen molar-refractivity contribution in [1.29, 1.82) is 0 Å². The molecule has 13 heteroatoms. The molecule has 1 atom stereocenters. The van der Waals surface area contributed by atoms with Gasteiger partial charge in [-0.1, -0.05) is 11.6 Å². The van der Waals surface area contributed by atoms with Crippen LogP contribution in [0.25, 0.3) is 0 Å². The number of pyridine rings is 1. The van der Waals surface area contributed by atoms with Crippen molar-refractivity contribution >= 4 is 35.1 Å². The van der Waals surface area contributed by atoms with Crippen molar-refractivity contribution < 1.29 is 42.5 Å². The Morgan fingerprint density at radius 1 is 1.14 bits per heavy atom. The Kier molecular flexibility index (Phi) is 10.1. The minimum atomic E-state index is -5.08. The Hall–Kier alpha value is -3.54. The van der Waals surface area contributed by atoms with E-state index in [9.17, 15) is 27.9 Å². The molecule has 0 spiro atoms. The fraction of sp³-hybridized carbons (Fsp3) is 0.364. The van der Waals surface area contributed by atoms with E-state index in [1.807, 2.05) is 12.1 Å². The molecule has 0 radical (unpaired) electrons. The molecule has 9 nitrogen and oxygen atoms in total. The molecule has 2 aromatic rings. The summed E-state index contributed by atoms with van der Waals surface area (Å²) in [6.45, 7) is 1.36. The largest absolute Gasteiger partial charge is 0.492 e. The lowest BCUT2D eigenvalue weighted by Gasteiger charge is -2.33. The number of carbonyl (C=O) groups is 3. The highest BCUT2D eigenvalue weighted by molar-refractivity contribution is 6.31. The van der Waals surface area contributed by atoms with Gasteiger partial charge in [0.25, 0.3) is 5.91 Å². The Labute approximate surface area is 203 Å². The molecule has 190 valence electrons. The molecule has 1 aliphatic heterocycles. The number of nitrogens with zero attached hydrogens (tertiary/aromatic N) is 2. The topological polar surface area (TPSA) is 129 Å². The average molecular weight is 518 g/mol. The zero-order valence-electron chi connectivity index (χ0n) is 18.3. The Balaban J connectivity index is 0.000000540. The molecule has 3 rings (SSSR count). The van der Waals surface area contributed by atoms with E-state index in [1.165, 1.54) is 4.90 Å². The number of rotatable bonds is 7. The molecule has 1 saturated heterocycles. The van der Waals surface area contributed by atoms with Crippen LogP contribution in [0.5, 0.6) is 5.75 Å². The van der Waals surface area contributed by atoms with Crippen LogP contribution in [0.1, 0.15) is 29.6 Å². The van der Waals surface area contributed by atoms with Crippen LogP contribution in [-0.2, 0) is 9.59 Å². The van der Waals surface area contributed by atoms with Crippen molar-refractivity contribution in [1.82, 2.24) is 9.88 Å². The normalized spacial score (nSPS) is 15.4. The van der Waals surface area contributed by atoms with Gasteiger partial charge in [-0.15, -0.1) is 0 Å². The summed E-state index contributed by atoms with van der Waals surface area (Å²) in [5.74, 6) is -3.60. The van der Waals surface area contributed by atoms with Crippen molar-refractivity contribution in [2.24, 2.45) is 0 Å². The Morgan fingerprint density at radius 2 is 1.80 bits per heavy atom. The number of anilines is 1. The number of likely N-dealkylation sites (tertiary alicyclic amines) is 1. The standard InChI is InChI=1S/C20H22ClN3O4.C2HF3O2/c21-15-11-14(19(25)24-9-2-1-3-18(24)20(26)27)12-17(13-15)28-10-8-23-16-4-6-22-7-5-16;3-2(4,5)1(6)7/h4-7,11-13,18H,1-3,8-10H2,(H,22,23)(H,26,27);(H,6,7). The van der Waals surface area contributed by atoms with Gasteiger partial charge in [-0.05, 0) is 49.6 Å². The molecular weight excluding hydrogens is 495 g/mol. The first-order valence-corrected chi connectivity index (χ1v) is 10.8. The van der Waals surface area contributed by atoms with Gasteiger partial charge in [0, 0.05) is 41.8 Å². The number of nitrogens with one attached hydrogen (secondary N) is 1. The third kappa shape index (κ3) is 8.96. The van der Waals surface area contributed by atoms with E-state index < -0.39 is 24.2 Å². The Bertz CT molecular complexity index is 1020. The third-order valence-corrected chi connectivity index (χ3v) is 5.01. The quantitative estimate of drug-likeness (QED) is 0.471. The van der Waals surface area contributed by atoms with E-state index in [2.05, 4.69) is 10.3 Å². The number of benzene rings is 1. The first-order chi connectivity index (χ1) is 16.5. The number of alkyl halides is 3. The smallest absolute Gasteiger partial charge is 0.490 e. The summed E-state index contributed by atoms with van der Waals surface area (Å²) in [5.41, 5.74) is 1.27. The molecule has 0 aliphatic carbocycles. The minimum Gasteiger partial charge on any atom is -0.492 e. The predicted octanol–water partition coefficient (Wildman–Crippen LogP) is 3.94. The monoisotopic (exact) mass is 517 g/mol. The van der Waals surface area contributed by atoms with Crippen LogP contribution in [0.15, 0.2) is 42.7 Å². The minimum absolute atomic E-state index is 0.331. The van der Waals surface area contributed by atoms with Gasteiger partial charge < -0.3 is 25.2 Å². The fourth-order valence-electron chi connectivity index (χ4n) is 3.20.